The lowest BCUT2D eigenvalue weighted by molar-refractivity contribution is 0.778. The van der Waals surface area contributed by atoms with Gasteiger partial charge in [0, 0.05) is 17.5 Å². The lowest BCUT2D eigenvalue weighted by atomic mass is 10.0. The molecule has 3 nitrogen and oxygen atoms in total. The van der Waals surface area contributed by atoms with Crippen molar-refractivity contribution in [2.24, 2.45) is 0 Å². The van der Waals surface area contributed by atoms with E-state index in [9.17, 15) is 0 Å². The van der Waals surface area contributed by atoms with E-state index in [0.29, 0.717) is 5.82 Å². The molecule has 0 saturated heterocycles. The summed E-state index contributed by atoms with van der Waals surface area (Å²) in [5.41, 5.74) is 10.4. The Morgan fingerprint density at radius 2 is 1.78 bits per heavy atom. The quantitative estimate of drug-likeness (QED) is 0.876. The summed E-state index contributed by atoms with van der Waals surface area (Å²) in [6, 6.07) is 8.18. The van der Waals surface area contributed by atoms with Crippen LogP contribution in [-0.4, -0.2) is 9.97 Å². The van der Waals surface area contributed by atoms with Crippen molar-refractivity contribution in [2.45, 2.75) is 33.6 Å². The Morgan fingerprint density at radius 3 is 2.39 bits per heavy atom. The molecule has 1 aromatic heterocycles. The summed E-state index contributed by atoms with van der Waals surface area (Å²) in [7, 11) is 0. The molecule has 18 heavy (non-hydrogen) atoms. The van der Waals surface area contributed by atoms with E-state index < -0.39 is 0 Å². The van der Waals surface area contributed by atoms with E-state index in [0.717, 1.165) is 17.1 Å². The number of hydrogen-bond donors (Lipinski definition) is 1. The topological polar surface area (TPSA) is 51.8 Å². The maximum Gasteiger partial charge on any atom is 0.133 e. The molecule has 0 aliphatic carbocycles. The molecule has 0 bridgehead atoms. The molecule has 1 heterocycles. The lowest BCUT2D eigenvalue weighted by Crippen LogP contribution is -2.03. The summed E-state index contributed by atoms with van der Waals surface area (Å²) in [6.07, 6.45) is 0. The number of nitrogens with two attached hydrogens (primary N) is 1. The van der Waals surface area contributed by atoms with E-state index >= 15 is 0 Å². The van der Waals surface area contributed by atoms with Gasteiger partial charge in [0.1, 0.15) is 11.6 Å². The number of aromatic nitrogens is 2. The molecule has 0 aliphatic heterocycles. The van der Waals surface area contributed by atoms with Crippen molar-refractivity contribution >= 4 is 5.82 Å². The van der Waals surface area contributed by atoms with Crippen LogP contribution in [0.15, 0.2) is 24.3 Å². The highest BCUT2D eigenvalue weighted by Gasteiger charge is 2.09. The summed E-state index contributed by atoms with van der Waals surface area (Å²) >= 11 is 0. The third-order valence-electron chi connectivity index (χ3n) is 2.94. The molecule has 0 fully saturated rings. The van der Waals surface area contributed by atoms with Crippen molar-refractivity contribution in [3.63, 3.8) is 0 Å². The predicted octanol–water partition coefficient (Wildman–Crippen LogP) is 3.47. The van der Waals surface area contributed by atoms with Crippen LogP contribution in [0, 0.1) is 13.8 Å². The summed E-state index contributed by atoms with van der Waals surface area (Å²) in [5.74, 6) is 1.60. The fourth-order valence-electron chi connectivity index (χ4n) is 1.98. The van der Waals surface area contributed by atoms with E-state index in [1.54, 1.807) is 0 Å². The number of rotatable bonds is 2. The van der Waals surface area contributed by atoms with Crippen LogP contribution in [0.4, 0.5) is 5.82 Å². The lowest BCUT2D eigenvalue weighted by Gasteiger charge is -2.10. The van der Waals surface area contributed by atoms with Gasteiger partial charge in [0.2, 0.25) is 0 Å². The van der Waals surface area contributed by atoms with Crippen molar-refractivity contribution in [1.82, 2.24) is 9.97 Å². The van der Waals surface area contributed by atoms with Crippen LogP contribution in [0.25, 0.3) is 11.3 Å². The van der Waals surface area contributed by atoms with Gasteiger partial charge in [0.15, 0.2) is 0 Å². The second kappa shape index (κ2) is 4.77. The first-order valence-electron chi connectivity index (χ1n) is 6.19. The van der Waals surface area contributed by atoms with Crippen LogP contribution in [-0.2, 0) is 0 Å². The molecule has 3 heteroatoms. The number of hydrogen-bond acceptors (Lipinski definition) is 3. The van der Waals surface area contributed by atoms with Crippen molar-refractivity contribution in [2.75, 3.05) is 5.73 Å². The molecule has 0 aliphatic rings. The highest BCUT2D eigenvalue weighted by Crippen LogP contribution is 2.25. The van der Waals surface area contributed by atoms with Gasteiger partial charge in [-0.15, -0.1) is 0 Å². The number of benzene rings is 1. The molecule has 0 amide bonds. The van der Waals surface area contributed by atoms with Crippen molar-refractivity contribution in [3.05, 3.63) is 41.2 Å². The largest absolute Gasteiger partial charge is 0.384 e. The van der Waals surface area contributed by atoms with E-state index in [1.807, 2.05) is 6.07 Å². The number of aryl methyl sites for hydroxylation is 2. The van der Waals surface area contributed by atoms with Crippen LogP contribution in [0.1, 0.15) is 36.7 Å². The van der Waals surface area contributed by atoms with Gasteiger partial charge in [-0.3, -0.25) is 0 Å². The number of anilines is 1. The van der Waals surface area contributed by atoms with Crippen LogP contribution >= 0.6 is 0 Å². The second-order valence-corrected chi connectivity index (χ2v) is 5.01. The van der Waals surface area contributed by atoms with Crippen LogP contribution in [0.5, 0.6) is 0 Å². The average Bonchev–Trinajstić information content (AvgIpc) is 2.27. The zero-order chi connectivity index (χ0) is 13.3. The monoisotopic (exact) mass is 241 g/mol. The molecular weight excluding hydrogens is 222 g/mol. The molecule has 1 aromatic carbocycles. The molecule has 0 saturated carbocycles. The molecule has 2 rings (SSSR count). The molecule has 0 spiro atoms. The van der Waals surface area contributed by atoms with Crippen molar-refractivity contribution in [1.29, 1.82) is 0 Å². The van der Waals surface area contributed by atoms with E-state index in [4.69, 9.17) is 5.73 Å². The van der Waals surface area contributed by atoms with E-state index in [2.05, 4.69) is 55.9 Å². The Bertz CT molecular complexity index is 574. The van der Waals surface area contributed by atoms with Gasteiger partial charge in [-0.25, -0.2) is 9.97 Å². The van der Waals surface area contributed by atoms with Gasteiger partial charge in [0.25, 0.3) is 0 Å². The Balaban J connectivity index is 2.56. The molecule has 94 valence electrons. The van der Waals surface area contributed by atoms with Gasteiger partial charge >= 0.3 is 0 Å². The first-order valence-corrected chi connectivity index (χ1v) is 6.19. The van der Waals surface area contributed by atoms with Gasteiger partial charge in [-0.2, -0.15) is 0 Å². The van der Waals surface area contributed by atoms with Crippen LogP contribution in [0.2, 0.25) is 0 Å². The SMILES string of the molecule is Cc1ccc(-c2cc(N)nc(C(C)C)n2)c(C)c1. The number of nitrogens with zero attached hydrogens (tertiary/aromatic N) is 2. The fourth-order valence-corrected chi connectivity index (χ4v) is 1.98. The third kappa shape index (κ3) is 2.50. The Labute approximate surface area is 108 Å². The van der Waals surface area contributed by atoms with Gasteiger partial charge in [-0.05, 0) is 19.4 Å². The highest BCUT2D eigenvalue weighted by molar-refractivity contribution is 5.66. The van der Waals surface area contributed by atoms with Gasteiger partial charge in [-0.1, -0.05) is 37.6 Å². The van der Waals surface area contributed by atoms with Gasteiger partial charge in [0.05, 0.1) is 5.69 Å². The predicted molar refractivity (Wildman–Crippen MR) is 75.4 cm³/mol. The Kier molecular flexibility index (Phi) is 3.32. The smallest absolute Gasteiger partial charge is 0.133 e. The second-order valence-electron chi connectivity index (χ2n) is 5.01. The summed E-state index contributed by atoms with van der Waals surface area (Å²) < 4.78 is 0. The van der Waals surface area contributed by atoms with Crippen molar-refractivity contribution < 1.29 is 0 Å². The minimum absolute atomic E-state index is 0.276. The summed E-state index contributed by atoms with van der Waals surface area (Å²) in [4.78, 5) is 8.88. The zero-order valence-corrected chi connectivity index (χ0v) is 11.4. The van der Waals surface area contributed by atoms with E-state index in [-0.39, 0.29) is 5.92 Å². The first kappa shape index (κ1) is 12.6. The maximum absolute atomic E-state index is 5.86. The van der Waals surface area contributed by atoms with Gasteiger partial charge < -0.3 is 5.73 Å². The normalized spacial score (nSPS) is 10.9. The molecule has 2 N–H and O–H groups in total. The van der Waals surface area contributed by atoms with E-state index in [1.165, 1.54) is 11.1 Å². The number of nitrogen functional groups attached to an aromatic ring is 1. The minimum atomic E-state index is 0.276. The summed E-state index contributed by atoms with van der Waals surface area (Å²) in [6.45, 7) is 8.32. The van der Waals surface area contributed by atoms with Crippen LogP contribution in [0.3, 0.4) is 0 Å². The molecule has 0 radical (unpaired) electrons. The molecular formula is C15H19N3. The Morgan fingerprint density at radius 1 is 1.06 bits per heavy atom. The van der Waals surface area contributed by atoms with Crippen LogP contribution < -0.4 is 5.73 Å². The third-order valence-corrected chi connectivity index (χ3v) is 2.94. The first-order chi connectivity index (χ1) is 8.47. The fraction of sp³-hybridized carbons (Fsp3) is 0.333. The zero-order valence-electron chi connectivity index (χ0n) is 11.4. The maximum atomic E-state index is 5.86. The molecule has 2 aromatic rings. The Hall–Kier alpha value is -1.90. The highest BCUT2D eigenvalue weighted by atomic mass is 14.9. The molecule has 0 unspecified atom stereocenters. The molecule has 0 atom stereocenters. The van der Waals surface area contributed by atoms with Crippen molar-refractivity contribution in [3.8, 4) is 11.3 Å². The average molecular weight is 241 g/mol. The summed E-state index contributed by atoms with van der Waals surface area (Å²) in [5, 5.41) is 0. The standard InChI is InChI=1S/C15H19N3/c1-9(2)15-17-13(8-14(16)18-15)12-6-5-10(3)7-11(12)4/h5-9H,1-4H3,(H2,16,17,18). The minimum Gasteiger partial charge on any atom is -0.384 e.